The SMILES string of the molecule is CCOC(=O)C1=C(C)N=C2S[C@@H](C)C(=O)N2[C@H]1c1ccc(OC)cc1. The Morgan fingerprint density at radius 1 is 1.32 bits per heavy atom. The maximum Gasteiger partial charge on any atom is 0.338 e. The fraction of sp³-hybridized carbons (Fsp3) is 0.389. The highest BCUT2D eigenvalue weighted by molar-refractivity contribution is 8.15. The molecule has 0 radical (unpaired) electrons. The third kappa shape index (κ3) is 3.04. The summed E-state index contributed by atoms with van der Waals surface area (Å²) >= 11 is 1.41. The van der Waals surface area contributed by atoms with Gasteiger partial charge in [-0.2, -0.15) is 0 Å². The van der Waals surface area contributed by atoms with E-state index in [0.717, 1.165) is 5.56 Å². The molecule has 0 bridgehead atoms. The lowest BCUT2D eigenvalue weighted by molar-refractivity contribution is -0.139. The number of hydrogen-bond acceptors (Lipinski definition) is 6. The molecule has 6 nitrogen and oxygen atoms in total. The smallest absolute Gasteiger partial charge is 0.338 e. The Morgan fingerprint density at radius 2 is 2.00 bits per heavy atom. The lowest BCUT2D eigenvalue weighted by Crippen LogP contribution is -2.40. The number of ether oxygens (including phenoxy) is 2. The molecule has 0 aromatic heterocycles. The number of nitrogens with zero attached hydrogens (tertiary/aromatic N) is 2. The molecular weight excluding hydrogens is 340 g/mol. The number of hydrogen-bond donors (Lipinski definition) is 0. The van der Waals surface area contributed by atoms with Gasteiger partial charge in [0.05, 0.1) is 36.3 Å². The molecule has 2 heterocycles. The molecule has 25 heavy (non-hydrogen) atoms. The molecule has 1 saturated heterocycles. The van der Waals surface area contributed by atoms with E-state index in [2.05, 4.69) is 4.99 Å². The molecule has 1 aromatic carbocycles. The van der Waals surface area contributed by atoms with Gasteiger partial charge < -0.3 is 9.47 Å². The highest BCUT2D eigenvalue weighted by Gasteiger charge is 2.46. The number of fused-ring (bicyclic) bond motifs is 1. The molecular formula is C18H20N2O4S. The maximum absolute atomic E-state index is 12.7. The maximum atomic E-state index is 12.7. The van der Waals surface area contributed by atoms with E-state index in [1.165, 1.54) is 11.8 Å². The van der Waals surface area contributed by atoms with Crippen molar-refractivity contribution in [3.05, 3.63) is 41.1 Å². The summed E-state index contributed by atoms with van der Waals surface area (Å²) in [7, 11) is 1.59. The minimum atomic E-state index is -0.539. The second kappa shape index (κ2) is 6.92. The van der Waals surface area contributed by atoms with Crippen LogP contribution in [0.1, 0.15) is 32.4 Å². The summed E-state index contributed by atoms with van der Waals surface area (Å²) in [5, 5.41) is 0.401. The first kappa shape index (κ1) is 17.5. The van der Waals surface area contributed by atoms with Crippen molar-refractivity contribution in [3.8, 4) is 5.75 Å². The number of carbonyl (C=O) groups excluding carboxylic acids is 2. The van der Waals surface area contributed by atoms with E-state index in [4.69, 9.17) is 9.47 Å². The molecule has 0 saturated carbocycles. The molecule has 2 atom stereocenters. The van der Waals surface area contributed by atoms with Crippen molar-refractivity contribution in [3.63, 3.8) is 0 Å². The van der Waals surface area contributed by atoms with Crippen LogP contribution in [0.4, 0.5) is 0 Å². The molecule has 2 aliphatic heterocycles. The van der Waals surface area contributed by atoms with Crippen LogP contribution in [0.2, 0.25) is 0 Å². The molecule has 0 spiro atoms. The topological polar surface area (TPSA) is 68.2 Å². The van der Waals surface area contributed by atoms with Gasteiger partial charge in [0.2, 0.25) is 5.91 Å². The predicted octanol–water partition coefficient (Wildman–Crippen LogP) is 2.91. The van der Waals surface area contributed by atoms with Gasteiger partial charge in [-0.3, -0.25) is 9.69 Å². The van der Waals surface area contributed by atoms with Crippen LogP contribution in [-0.2, 0) is 14.3 Å². The summed E-state index contributed by atoms with van der Waals surface area (Å²) in [5.74, 6) is 0.210. The highest BCUT2D eigenvalue weighted by Crippen LogP contribution is 2.43. The summed E-state index contributed by atoms with van der Waals surface area (Å²) in [5.41, 5.74) is 1.80. The Hall–Kier alpha value is -2.28. The van der Waals surface area contributed by atoms with Crippen LogP contribution in [0.25, 0.3) is 0 Å². The van der Waals surface area contributed by atoms with Gasteiger partial charge in [0.15, 0.2) is 5.17 Å². The van der Waals surface area contributed by atoms with Crippen molar-refractivity contribution in [1.29, 1.82) is 0 Å². The summed E-state index contributed by atoms with van der Waals surface area (Å²) in [6, 6.07) is 6.81. The number of methoxy groups -OCH3 is 1. The Kier molecular flexibility index (Phi) is 4.85. The van der Waals surface area contributed by atoms with Gasteiger partial charge in [-0.25, -0.2) is 9.79 Å². The monoisotopic (exact) mass is 360 g/mol. The number of amidine groups is 1. The number of carbonyl (C=O) groups is 2. The van der Waals surface area contributed by atoms with Gasteiger partial charge in [0.1, 0.15) is 5.75 Å². The van der Waals surface area contributed by atoms with Crippen molar-refractivity contribution in [1.82, 2.24) is 4.90 Å². The van der Waals surface area contributed by atoms with E-state index in [1.807, 2.05) is 31.2 Å². The summed E-state index contributed by atoms with van der Waals surface area (Å²) in [6.07, 6.45) is 0. The van der Waals surface area contributed by atoms with Gasteiger partial charge in [-0.15, -0.1) is 0 Å². The zero-order valence-electron chi connectivity index (χ0n) is 14.6. The number of benzene rings is 1. The van der Waals surface area contributed by atoms with Crippen LogP contribution < -0.4 is 4.74 Å². The zero-order valence-corrected chi connectivity index (χ0v) is 15.4. The molecule has 3 rings (SSSR count). The summed E-state index contributed by atoms with van der Waals surface area (Å²) < 4.78 is 10.4. The largest absolute Gasteiger partial charge is 0.497 e. The standard InChI is InChI=1S/C18H20N2O4S/c1-5-24-17(22)14-10(2)19-18-20(16(21)11(3)25-18)15(14)12-6-8-13(23-4)9-7-12/h6-9,11,15H,5H2,1-4H3/t11-,15-/m0/s1. The molecule has 0 aliphatic carbocycles. The first-order valence-electron chi connectivity index (χ1n) is 8.08. The van der Waals surface area contributed by atoms with Gasteiger partial charge in [0.25, 0.3) is 0 Å². The molecule has 1 fully saturated rings. The van der Waals surface area contributed by atoms with E-state index in [-0.39, 0.29) is 17.8 Å². The summed E-state index contributed by atoms with van der Waals surface area (Å²) in [4.78, 5) is 31.4. The average molecular weight is 360 g/mol. The van der Waals surface area contributed by atoms with Crippen LogP contribution in [0.5, 0.6) is 5.75 Å². The first-order chi connectivity index (χ1) is 12.0. The minimum Gasteiger partial charge on any atom is -0.497 e. The first-order valence-corrected chi connectivity index (χ1v) is 8.96. The molecule has 1 amide bonds. The molecule has 2 aliphatic rings. The molecule has 132 valence electrons. The Morgan fingerprint density at radius 3 is 2.60 bits per heavy atom. The zero-order chi connectivity index (χ0) is 18.1. The average Bonchev–Trinajstić information content (AvgIpc) is 2.88. The lowest BCUT2D eigenvalue weighted by atomic mass is 9.94. The third-order valence-electron chi connectivity index (χ3n) is 4.19. The number of allylic oxidation sites excluding steroid dienone is 1. The van der Waals surface area contributed by atoms with E-state index in [9.17, 15) is 9.59 Å². The third-order valence-corrected chi connectivity index (χ3v) is 5.24. The number of amides is 1. The van der Waals surface area contributed by atoms with Crippen molar-refractivity contribution in [2.45, 2.75) is 32.1 Å². The van der Waals surface area contributed by atoms with Crippen molar-refractivity contribution in [2.75, 3.05) is 13.7 Å². The fourth-order valence-corrected chi connectivity index (χ4v) is 4.00. The number of esters is 1. The van der Waals surface area contributed by atoms with Crippen molar-refractivity contribution < 1.29 is 19.1 Å². The molecule has 0 unspecified atom stereocenters. The van der Waals surface area contributed by atoms with Gasteiger partial charge in [-0.1, -0.05) is 23.9 Å². The number of aliphatic imine (C=N–C) groups is 1. The van der Waals surface area contributed by atoms with Crippen molar-refractivity contribution >= 4 is 28.8 Å². The Labute approximate surface area is 150 Å². The van der Waals surface area contributed by atoms with Crippen LogP contribution in [0, 0.1) is 0 Å². The second-order valence-corrected chi connectivity index (χ2v) is 7.07. The van der Waals surface area contributed by atoms with Crippen LogP contribution >= 0.6 is 11.8 Å². The predicted molar refractivity (Wildman–Crippen MR) is 96.4 cm³/mol. The summed E-state index contributed by atoms with van der Waals surface area (Å²) in [6.45, 7) is 5.65. The second-order valence-electron chi connectivity index (χ2n) is 5.76. The Balaban J connectivity index is 2.12. The van der Waals surface area contributed by atoms with Crippen LogP contribution in [0.3, 0.4) is 0 Å². The molecule has 0 N–H and O–H groups in total. The van der Waals surface area contributed by atoms with Gasteiger partial charge in [0, 0.05) is 0 Å². The number of thioether (sulfide) groups is 1. The van der Waals surface area contributed by atoms with E-state index in [1.54, 1.807) is 25.9 Å². The van der Waals surface area contributed by atoms with Crippen molar-refractivity contribution in [2.24, 2.45) is 4.99 Å². The van der Waals surface area contributed by atoms with E-state index < -0.39 is 12.0 Å². The molecule has 7 heteroatoms. The highest BCUT2D eigenvalue weighted by atomic mass is 32.2. The Bertz CT molecular complexity index is 770. The van der Waals surface area contributed by atoms with Crippen LogP contribution in [0.15, 0.2) is 40.5 Å². The van der Waals surface area contributed by atoms with E-state index in [0.29, 0.717) is 22.2 Å². The molecule has 1 aromatic rings. The lowest BCUT2D eigenvalue weighted by Gasteiger charge is -2.33. The number of rotatable bonds is 4. The van der Waals surface area contributed by atoms with Gasteiger partial charge in [-0.05, 0) is 38.5 Å². The quantitative estimate of drug-likeness (QED) is 0.772. The van der Waals surface area contributed by atoms with E-state index >= 15 is 0 Å². The van der Waals surface area contributed by atoms with Crippen LogP contribution in [-0.4, -0.2) is 40.9 Å². The normalized spacial score (nSPS) is 22.6. The minimum absolute atomic E-state index is 0.0566. The van der Waals surface area contributed by atoms with Gasteiger partial charge >= 0.3 is 5.97 Å². The fourth-order valence-electron chi connectivity index (χ4n) is 2.97.